The lowest BCUT2D eigenvalue weighted by atomic mass is 9.87. The molecule has 1 amide bonds. The first-order valence-corrected chi connectivity index (χ1v) is 17.1. The van der Waals surface area contributed by atoms with E-state index in [0.717, 1.165) is 78.8 Å². The molecule has 224 valence electrons. The van der Waals surface area contributed by atoms with Crippen molar-refractivity contribution in [2.45, 2.75) is 51.9 Å². The highest BCUT2D eigenvalue weighted by molar-refractivity contribution is 14.1. The van der Waals surface area contributed by atoms with E-state index in [4.69, 9.17) is 8.19 Å². The number of pyridine rings is 1. The molecule has 0 spiro atoms. The molecule has 6 rings (SSSR count). The summed E-state index contributed by atoms with van der Waals surface area (Å²) in [7, 11) is 0. The number of anilines is 1. The molecule has 0 aliphatic heterocycles. The summed E-state index contributed by atoms with van der Waals surface area (Å²) in [6, 6.07) is 23.0. The highest BCUT2D eigenvalue weighted by Crippen LogP contribution is 2.33. The summed E-state index contributed by atoms with van der Waals surface area (Å²) in [6.07, 6.45) is 9.29. The topological polar surface area (TPSA) is 70.1 Å². The number of halogens is 3. The lowest BCUT2D eigenvalue weighted by Gasteiger charge is -2.21. The number of aromatic amines is 1. The van der Waals surface area contributed by atoms with Crippen LogP contribution in [0.15, 0.2) is 82.2 Å². The summed E-state index contributed by atoms with van der Waals surface area (Å²) in [5, 5.41) is 4.08. The zero-order valence-corrected chi connectivity index (χ0v) is 28.8. The monoisotopic (exact) mass is 810 g/mol. The number of amides is 1. The third-order valence-corrected chi connectivity index (χ3v) is 9.57. The van der Waals surface area contributed by atoms with Gasteiger partial charge < -0.3 is 10.3 Å². The normalized spacial score (nSPS) is 14.2. The lowest BCUT2D eigenvalue weighted by Crippen LogP contribution is -2.18. The highest BCUT2D eigenvalue weighted by Gasteiger charge is 2.20. The highest BCUT2D eigenvalue weighted by atomic mass is 127. The zero-order chi connectivity index (χ0) is 30.6. The number of aryl methyl sites for hydroxylation is 1. The minimum Gasteiger partial charge on any atom is -0.353 e. The number of benzene rings is 3. The Morgan fingerprint density at radius 2 is 1.82 bits per heavy atom. The number of aromatic nitrogens is 2. The Morgan fingerprint density at radius 1 is 1.02 bits per heavy atom. The van der Waals surface area contributed by atoms with Crippen LogP contribution in [0.1, 0.15) is 62.3 Å². The Hall–Kier alpha value is -3.12. The van der Waals surface area contributed by atoms with E-state index in [0.29, 0.717) is 17.9 Å². The molecular weight excluding hydrogens is 777 g/mol. The summed E-state index contributed by atoms with van der Waals surface area (Å²) in [5.74, 6) is 0.308. The minimum atomic E-state index is -0.250. The van der Waals surface area contributed by atoms with Gasteiger partial charge in [-0.15, -0.1) is 0 Å². The van der Waals surface area contributed by atoms with Crippen LogP contribution in [0.4, 0.5) is 10.1 Å². The van der Waals surface area contributed by atoms with Crippen LogP contribution in [0.5, 0.6) is 0 Å². The number of carbonyl (C=O) groups is 1. The number of carbonyl (C=O) groups excluding carboxylic acids is 1. The van der Waals surface area contributed by atoms with Crippen molar-refractivity contribution in [3.05, 3.63) is 105 Å². The van der Waals surface area contributed by atoms with E-state index in [2.05, 4.69) is 80.9 Å². The molecule has 8 heteroatoms. The van der Waals surface area contributed by atoms with Crippen molar-refractivity contribution in [3.8, 4) is 22.4 Å². The first-order chi connectivity index (χ1) is 21.4. The molecule has 1 saturated carbocycles. The molecule has 3 aromatic carbocycles. The van der Waals surface area contributed by atoms with E-state index in [9.17, 15) is 9.18 Å². The molecule has 2 N–H and O–H groups in total. The van der Waals surface area contributed by atoms with Gasteiger partial charge in [0.2, 0.25) is 5.91 Å². The van der Waals surface area contributed by atoms with Crippen molar-refractivity contribution in [2.75, 3.05) is 5.32 Å². The van der Waals surface area contributed by atoms with Crippen LogP contribution >= 0.6 is 45.5 Å². The molecule has 0 saturated heterocycles. The third-order valence-electron chi connectivity index (χ3n) is 8.47. The van der Waals surface area contributed by atoms with Crippen molar-refractivity contribution in [1.82, 2.24) is 9.97 Å². The smallest absolute Gasteiger partial charge is 0.224 e. The second-order valence-corrected chi connectivity index (χ2v) is 13.2. The molecule has 2 aromatic heterocycles. The third kappa shape index (κ3) is 6.75. The molecule has 44 heavy (non-hydrogen) atoms. The van der Waals surface area contributed by atoms with Crippen molar-refractivity contribution in [1.29, 1.82) is 0 Å². The van der Waals surface area contributed by atoms with E-state index in [1.165, 1.54) is 25.3 Å². The van der Waals surface area contributed by atoms with Crippen molar-refractivity contribution in [2.24, 2.45) is 9.12 Å². The second kappa shape index (κ2) is 13.9. The van der Waals surface area contributed by atoms with E-state index in [1.807, 2.05) is 48.7 Å². The van der Waals surface area contributed by atoms with Crippen LogP contribution in [0.2, 0.25) is 0 Å². The fraction of sp³-hybridized carbons (Fsp3) is 0.250. The van der Waals surface area contributed by atoms with Crippen LogP contribution in [-0.2, 0) is 11.2 Å². The van der Waals surface area contributed by atoms with E-state index in [1.54, 1.807) is 6.07 Å². The largest absolute Gasteiger partial charge is 0.353 e. The van der Waals surface area contributed by atoms with Gasteiger partial charge in [0.05, 0.1) is 34.3 Å². The number of fused-ring (bicyclic) bond motifs is 1. The van der Waals surface area contributed by atoms with E-state index >= 15 is 0 Å². The first-order valence-electron chi connectivity index (χ1n) is 15.1. The average molecular weight is 810 g/mol. The molecule has 5 nitrogen and oxygen atoms in total. The maximum atomic E-state index is 14.8. The number of nitrogens with zero attached hydrogens (tertiary/aromatic N) is 2. The van der Waals surface area contributed by atoms with Gasteiger partial charge in [0.1, 0.15) is 11.5 Å². The van der Waals surface area contributed by atoms with Gasteiger partial charge in [-0.05, 0) is 101 Å². The first kappa shape index (κ1) is 30.9. The van der Waals surface area contributed by atoms with Crippen LogP contribution in [0.3, 0.4) is 0 Å². The Labute approximate surface area is 284 Å². The maximum absolute atomic E-state index is 14.8. The lowest BCUT2D eigenvalue weighted by molar-refractivity contribution is -0.117. The van der Waals surface area contributed by atoms with Gasteiger partial charge in [0.15, 0.2) is 0 Å². The number of rotatable bonds is 8. The Morgan fingerprint density at radius 3 is 2.59 bits per heavy atom. The van der Waals surface area contributed by atoms with Gasteiger partial charge in [-0.25, -0.2) is 7.60 Å². The van der Waals surface area contributed by atoms with Gasteiger partial charge in [-0.2, -0.15) is 0 Å². The average Bonchev–Trinajstić information content (AvgIpc) is 3.46. The van der Waals surface area contributed by atoms with Crippen LogP contribution in [-0.4, -0.2) is 21.6 Å². The van der Waals surface area contributed by atoms with Gasteiger partial charge in [-0.3, -0.25) is 9.78 Å². The quantitative estimate of drug-likeness (QED) is 0.121. The predicted octanol–water partition coefficient (Wildman–Crippen LogP) is 10.3. The predicted molar refractivity (Wildman–Crippen MR) is 195 cm³/mol. The number of hydrogen-bond donors (Lipinski definition) is 2. The number of nitrogens with one attached hydrogen (secondary N) is 2. The molecule has 5 aromatic rings. The summed E-state index contributed by atoms with van der Waals surface area (Å²) in [5.41, 5.74) is 8.54. The van der Waals surface area contributed by atoms with Crippen LogP contribution < -0.4 is 5.32 Å². The molecule has 0 atom stereocenters. The molecular formula is C36H33FI2N4O. The van der Waals surface area contributed by atoms with Crippen LogP contribution in [0.25, 0.3) is 33.3 Å². The summed E-state index contributed by atoms with van der Waals surface area (Å²) >= 11 is 4.35. The number of H-pyrrole nitrogens is 1. The van der Waals surface area contributed by atoms with Gasteiger partial charge >= 0.3 is 0 Å². The molecule has 1 fully saturated rings. The van der Waals surface area contributed by atoms with Crippen molar-refractivity contribution < 1.29 is 9.18 Å². The Kier molecular flexibility index (Phi) is 9.75. The summed E-state index contributed by atoms with van der Waals surface area (Å²) in [4.78, 5) is 21.3. The maximum Gasteiger partial charge on any atom is 0.224 e. The minimum absolute atomic E-state index is 0.0766. The molecule has 2 heterocycles. The van der Waals surface area contributed by atoms with Crippen molar-refractivity contribution in [3.63, 3.8) is 0 Å². The zero-order valence-electron chi connectivity index (χ0n) is 24.5. The molecule has 0 unspecified atom stereocenters. The SMILES string of the molecule is CCc1cnc(-c2cc(I)cc(NC(=O)CC3CCCCC3)c2)cc1/C(=N\I)c1cc2c(-c3ccccc3F)cccc2[nH]1. The molecule has 0 bridgehead atoms. The fourth-order valence-electron chi connectivity index (χ4n) is 6.25. The summed E-state index contributed by atoms with van der Waals surface area (Å²) in [6.45, 7) is 2.11. The fourth-order valence-corrected chi connectivity index (χ4v) is 7.44. The molecule has 0 radical (unpaired) electrons. The number of hydrogen-bond acceptors (Lipinski definition) is 3. The second-order valence-electron chi connectivity index (χ2n) is 11.4. The van der Waals surface area contributed by atoms with Gasteiger partial charge in [0, 0.05) is 49.5 Å². The molecule has 1 aliphatic carbocycles. The van der Waals surface area contributed by atoms with Gasteiger partial charge in [-0.1, -0.05) is 56.5 Å². The van der Waals surface area contributed by atoms with E-state index in [-0.39, 0.29) is 11.7 Å². The molecule has 1 aliphatic rings. The standard InChI is InChI=1S/C36H33FI2N4O/c1-2-23-21-40-33(24-16-25(38)18-26(17-24)41-35(44)15-22-9-4-3-5-10-22)19-29(23)36(43-39)34-20-30-27(12-8-14-32(30)42-34)28-11-6-7-13-31(28)37/h6-8,11-14,16-22,42H,2-5,9-10,15H2,1H3,(H,41,44)/b43-36+. The van der Waals surface area contributed by atoms with E-state index < -0.39 is 0 Å². The van der Waals surface area contributed by atoms with Gasteiger partial charge in [0.25, 0.3) is 0 Å². The van der Waals surface area contributed by atoms with Crippen molar-refractivity contribution >= 4 is 73.7 Å². The Bertz CT molecular complexity index is 1860. The Balaban J connectivity index is 1.34. The summed E-state index contributed by atoms with van der Waals surface area (Å²) < 4.78 is 20.5. The van der Waals surface area contributed by atoms with Crippen LogP contribution in [0, 0.1) is 15.3 Å².